The van der Waals surface area contributed by atoms with Crippen molar-refractivity contribution >= 4 is 39.1 Å². The first kappa shape index (κ1) is 26.7. The van der Waals surface area contributed by atoms with Crippen LogP contribution in [0.15, 0.2) is 42.5 Å². The summed E-state index contributed by atoms with van der Waals surface area (Å²) in [6.45, 7) is 7.51. The Morgan fingerprint density at radius 1 is 1.06 bits per heavy atom. The predicted octanol–water partition coefficient (Wildman–Crippen LogP) is 3.67. The predicted molar refractivity (Wildman–Crippen MR) is 133 cm³/mol. The van der Waals surface area contributed by atoms with Crippen molar-refractivity contribution in [1.29, 1.82) is 0 Å². The third kappa shape index (κ3) is 7.20. The molecule has 0 aliphatic carbocycles. The van der Waals surface area contributed by atoms with E-state index in [1.165, 1.54) is 4.90 Å². The lowest BCUT2D eigenvalue weighted by molar-refractivity contribution is -0.140. The van der Waals surface area contributed by atoms with Crippen molar-refractivity contribution in [2.45, 2.75) is 46.7 Å². The van der Waals surface area contributed by atoms with Gasteiger partial charge in [-0.2, -0.15) is 0 Å². The monoisotopic (exact) mass is 493 g/mol. The highest BCUT2D eigenvalue weighted by atomic mass is 35.5. The van der Waals surface area contributed by atoms with E-state index in [-0.39, 0.29) is 12.5 Å². The molecule has 0 aliphatic rings. The van der Waals surface area contributed by atoms with Gasteiger partial charge in [-0.1, -0.05) is 48.4 Å². The number of amides is 2. The van der Waals surface area contributed by atoms with Gasteiger partial charge in [-0.25, -0.2) is 8.42 Å². The highest BCUT2D eigenvalue weighted by Gasteiger charge is 2.31. The molecule has 0 saturated carbocycles. The Balaban J connectivity index is 2.45. The summed E-state index contributed by atoms with van der Waals surface area (Å²) in [4.78, 5) is 27.7. The van der Waals surface area contributed by atoms with E-state index in [1.54, 1.807) is 43.3 Å². The molecule has 0 aromatic heterocycles. The van der Waals surface area contributed by atoms with Crippen molar-refractivity contribution in [1.82, 2.24) is 10.2 Å². The molecular weight excluding hydrogens is 462 g/mol. The summed E-state index contributed by atoms with van der Waals surface area (Å²) in [5.74, 6) is -0.742. The number of sulfonamides is 1. The van der Waals surface area contributed by atoms with Crippen molar-refractivity contribution in [3.8, 4) is 0 Å². The summed E-state index contributed by atoms with van der Waals surface area (Å²) in [6, 6.07) is 11.6. The molecule has 2 rings (SSSR count). The van der Waals surface area contributed by atoms with E-state index in [2.05, 4.69) is 5.32 Å². The van der Waals surface area contributed by atoms with E-state index in [0.29, 0.717) is 23.7 Å². The number of rotatable bonds is 10. The number of hydrogen-bond donors (Lipinski definition) is 1. The first-order valence-electron chi connectivity index (χ1n) is 10.8. The quantitative estimate of drug-likeness (QED) is 0.547. The second-order valence-corrected chi connectivity index (χ2v) is 10.4. The molecule has 0 bridgehead atoms. The minimum absolute atomic E-state index is 0.149. The highest BCUT2D eigenvalue weighted by Crippen LogP contribution is 2.24. The zero-order chi connectivity index (χ0) is 24.8. The molecule has 0 heterocycles. The summed E-state index contributed by atoms with van der Waals surface area (Å²) in [5, 5.41) is 3.33. The Hall–Kier alpha value is -2.58. The number of anilines is 1. The van der Waals surface area contributed by atoms with Crippen molar-refractivity contribution in [2.24, 2.45) is 0 Å². The molecule has 2 aromatic rings. The van der Waals surface area contributed by atoms with Gasteiger partial charge in [0.15, 0.2) is 0 Å². The van der Waals surface area contributed by atoms with E-state index in [1.807, 2.05) is 26.8 Å². The molecule has 0 saturated heterocycles. The Kier molecular flexibility index (Phi) is 9.31. The van der Waals surface area contributed by atoms with E-state index >= 15 is 0 Å². The van der Waals surface area contributed by atoms with Gasteiger partial charge in [0.2, 0.25) is 21.8 Å². The van der Waals surface area contributed by atoms with Crippen LogP contribution >= 0.6 is 11.6 Å². The normalized spacial score (nSPS) is 12.2. The van der Waals surface area contributed by atoms with Crippen LogP contribution in [0.1, 0.15) is 37.0 Å². The summed E-state index contributed by atoms with van der Waals surface area (Å²) >= 11 is 5.99. The van der Waals surface area contributed by atoms with Crippen LogP contribution in [0.3, 0.4) is 0 Å². The first-order valence-corrected chi connectivity index (χ1v) is 13.1. The van der Waals surface area contributed by atoms with Crippen LogP contribution in [0.2, 0.25) is 5.02 Å². The van der Waals surface area contributed by atoms with Crippen molar-refractivity contribution in [3.05, 3.63) is 64.2 Å². The lowest BCUT2D eigenvalue weighted by atomic mass is 10.1. The third-order valence-corrected chi connectivity index (χ3v) is 6.68. The van der Waals surface area contributed by atoms with Crippen molar-refractivity contribution < 1.29 is 18.0 Å². The molecule has 0 radical (unpaired) electrons. The van der Waals surface area contributed by atoms with Gasteiger partial charge < -0.3 is 10.2 Å². The summed E-state index contributed by atoms with van der Waals surface area (Å²) < 4.78 is 26.4. The molecule has 0 unspecified atom stereocenters. The Morgan fingerprint density at radius 3 is 2.21 bits per heavy atom. The van der Waals surface area contributed by atoms with Gasteiger partial charge in [0.1, 0.15) is 12.6 Å². The Bertz CT molecular complexity index is 1090. The van der Waals surface area contributed by atoms with Gasteiger partial charge in [-0.05, 0) is 56.5 Å². The smallest absolute Gasteiger partial charge is 0.244 e. The molecule has 2 amide bonds. The average Bonchev–Trinajstić information content (AvgIpc) is 2.73. The topological polar surface area (TPSA) is 86.8 Å². The summed E-state index contributed by atoms with van der Waals surface area (Å²) in [7, 11) is -3.76. The van der Waals surface area contributed by atoms with Gasteiger partial charge in [-0.3, -0.25) is 13.9 Å². The zero-order valence-corrected chi connectivity index (χ0v) is 21.3. The van der Waals surface area contributed by atoms with E-state index < -0.39 is 28.5 Å². The molecule has 0 fully saturated rings. The number of benzene rings is 2. The van der Waals surface area contributed by atoms with E-state index in [4.69, 9.17) is 11.6 Å². The van der Waals surface area contributed by atoms with Gasteiger partial charge in [0.25, 0.3) is 0 Å². The molecule has 180 valence electrons. The molecule has 9 heteroatoms. The summed E-state index contributed by atoms with van der Waals surface area (Å²) in [5.41, 5.74) is 2.96. The molecule has 7 nitrogen and oxygen atoms in total. The summed E-state index contributed by atoms with van der Waals surface area (Å²) in [6.07, 6.45) is 1.46. The number of halogens is 1. The van der Waals surface area contributed by atoms with Crippen LogP contribution in [0.4, 0.5) is 5.69 Å². The lowest BCUT2D eigenvalue weighted by Gasteiger charge is -2.33. The number of likely N-dealkylation sites (N-methyl/N-ethyl adjacent to an activating group) is 1. The lowest BCUT2D eigenvalue weighted by Crippen LogP contribution is -2.52. The maximum atomic E-state index is 13.5. The van der Waals surface area contributed by atoms with E-state index in [0.717, 1.165) is 27.3 Å². The van der Waals surface area contributed by atoms with Crippen LogP contribution in [-0.2, 0) is 26.2 Å². The minimum atomic E-state index is -3.76. The second-order valence-electron chi connectivity index (χ2n) is 8.03. The Labute approximate surface area is 201 Å². The average molecular weight is 494 g/mol. The minimum Gasteiger partial charge on any atom is -0.355 e. The van der Waals surface area contributed by atoms with Gasteiger partial charge in [0.05, 0.1) is 11.9 Å². The molecule has 1 N–H and O–H groups in total. The molecule has 1 atom stereocenters. The zero-order valence-electron chi connectivity index (χ0n) is 19.8. The van der Waals surface area contributed by atoms with Crippen LogP contribution in [0.25, 0.3) is 0 Å². The van der Waals surface area contributed by atoms with Gasteiger partial charge in [0, 0.05) is 18.1 Å². The van der Waals surface area contributed by atoms with Gasteiger partial charge in [-0.15, -0.1) is 0 Å². The van der Waals surface area contributed by atoms with Crippen LogP contribution in [0, 0.1) is 13.8 Å². The fourth-order valence-corrected chi connectivity index (χ4v) is 4.71. The number of nitrogens with one attached hydrogen (secondary N) is 1. The van der Waals surface area contributed by atoms with Crippen molar-refractivity contribution in [3.63, 3.8) is 0 Å². The highest BCUT2D eigenvalue weighted by molar-refractivity contribution is 7.92. The van der Waals surface area contributed by atoms with E-state index in [9.17, 15) is 18.0 Å². The molecule has 0 spiro atoms. The second kappa shape index (κ2) is 11.5. The number of hydrogen-bond acceptors (Lipinski definition) is 4. The SMILES string of the molecule is CCNC(=O)[C@@H](CC)N(Cc1ccc(Cl)cc1)C(=O)CN(c1ccc(C)cc1C)S(C)(=O)=O. The van der Waals surface area contributed by atoms with Gasteiger partial charge >= 0.3 is 0 Å². The molecule has 0 aliphatic heterocycles. The fourth-order valence-electron chi connectivity index (χ4n) is 3.68. The van der Waals surface area contributed by atoms with Crippen molar-refractivity contribution in [2.75, 3.05) is 23.7 Å². The maximum absolute atomic E-state index is 13.5. The first-order chi connectivity index (χ1) is 15.5. The van der Waals surface area contributed by atoms with Crippen LogP contribution in [-0.4, -0.2) is 50.5 Å². The maximum Gasteiger partial charge on any atom is 0.244 e. The fraction of sp³-hybridized carbons (Fsp3) is 0.417. The number of carbonyl (C=O) groups excluding carboxylic acids is 2. The molecule has 33 heavy (non-hydrogen) atoms. The number of nitrogens with zero attached hydrogens (tertiary/aromatic N) is 2. The number of carbonyl (C=O) groups is 2. The number of aryl methyl sites for hydroxylation is 2. The molecular formula is C24H32ClN3O4S. The third-order valence-electron chi connectivity index (χ3n) is 5.30. The standard InChI is InChI=1S/C24H32ClN3O4S/c1-6-21(24(30)26-7-2)27(15-19-9-11-20(25)12-10-19)23(29)16-28(33(5,31)32)22-13-8-17(3)14-18(22)4/h8-14,21H,6-7,15-16H2,1-5H3,(H,26,30)/t21-/m1/s1. The van der Waals surface area contributed by atoms with Crippen LogP contribution < -0.4 is 9.62 Å². The Morgan fingerprint density at radius 2 is 1.70 bits per heavy atom. The largest absolute Gasteiger partial charge is 0.355 e. The van der Waals surface area contributed by atoms with Crippen LogP contribution in [0.5, 0.6) is 0 Å². The molecule has 2 aromatic carbocycles.